The summed E-state index contributed by atoms with van der Waals surface area (Å²) in [4.78, 5) is 6.87. The minimum absolute atomic E-state index is 0.719. The zero-order valence-electron chi connectivity index (χ0n) is 11.5. The highest BCUT2D eigenvalue weighted by Crippen LogP contribution is 2.27. The van der Waals surface area contributed by atoms with Crippen molar-refractivity contribution >= 4 is 11.5 Å². The molecule has 1 aromatic carbocycles. The van der Waals surface area contributed by atoms with Crippen molar-refractivity contribution in [1.82, 2.24) is 4.98 Å². The highest BCUT2D eigenvalue weighted by atomic mass is 16.4. The number of oxime groups is 1. The number of pyridine rings is 1. The average molecular weight is 267 g/mol. The van der Waals surface area contributed by atoms with Gasteiger partial charge in [0.25, 0.3) is 0 Å². The van der Waals surface area contributed by atoms with Crippen molar-refractivity contribution < 1.29 is 5.21 Å². The van der Waals surface area contributed by atoms with Gasteiger partial charge in [-0.15, -0.1) is 0 Å². The minimum Gasteiger partial charge on any atom is -0.411 e. The highest BCUT2D eigenvalue weighted by molar-refractivity contribution is 6.05. The Morgan fingerprint density at radius 2 is 2.00 bits per heavy atom. The van der Waals surface area contributed by atoms with Gasteiger partial charge in [-0.25, -0.2) is 4.98 Å². The number of rotatable bonds is 2. The summed E-state index contributed by atoms with van der Waals surface area (Å²) in [7, 11) is 0. The van der Waals surface area contributed by atoms with E-state index in [1.54, 1.807) is 0 Å². The smallest absolute Gasteiger partial charge is 0.138 e. The summed E-state index contributed by atoms with van der Waals surface area (Å²) in [5.74, 6) is 0.910. The molecule has 4 heteroatoms. The summed E-state index contributed by atoms with van der Waals surface area (Å²) in [6, 6.07) is 14.3. The zero-order valence-corrected chi connectivity index (χ0v) is 11.5. The SMILES string of the molecule is Cc1ccc2c(n1)N(Cc1ccccc1)CC/C2=N\O. The van der Waals surface area contributed by atoms with Crippen molar-refractivity contribution in [2.24, 2.45) is 5.16 Å². The maximum atomic E-state index is 9.12. The van der Waals surface area contributed by atoms with Gasteiger partial charge < -0.3 is 10.1 Å². The van der Waals surface area contributed by atoms with Crippen molar-refractivity contribution in [3.05, 3.63) is 59.3 Å². The first-order valence-electron chi connectivity index (χ1n) is 6.76. The van der Waals surface area contributed by atoms with Gasteiger partial charge in [-0.3, -0.25) is 0 Å². The molecule has 2 heterocycles. The summed E-state index contributed by atoms with van der Waals surface area (Å²) >= 11 is 0. The number of aromatic nitrogens is 1. The molecule has 0 saturated carbocycles. The molecule has 0 aliphatic carbocycles. The highest BCUT2D eigenvalue weighted by Gasteiger charge is 2.23. The lowest BCUT2D eigenvalue weighted by Crippen LogP contribution is -2.33. The largest absolute Gasteiger partial charge is 0.411 e. The fourth-order valence-electron chi connectivity index (χ4n) is 2.55. The summed E-state index contributed by atoms with van der Waals surface area (Å²) in [6.45, 7) is 3.62. The maximum Gasteiger partial charge on any atom is 0.138 e. The molecule has 1 aliphatic heterocycles. The molecule has 0 unspecified atom stereocenters. The van der Waals surface area contributed by atoms with Gasteiger partial charge in [-0.1, -0.05) is 35.5 Å². The number of anilines is 1. The van der Waals surface area contributed by atoms with E-state index in [1.807, 2.05) is 37.3 Å². The molecule has 0 fully saturated rings. The van der Waals surface area contributed by atoms with Gasteiger partial charge in [-0.2, -0.15) is 0 Å². The predicted octanol–water partition coefficient (Wildman–Crippen LogP) is 2.98. The van der Waals surface area contributed by atoms with Crippen LogP contribution in [0.15, 0.2) is 47.6 Å². The summed E-state index contributed by atoms with van der Waals surface area (Å²) < 4.78 is 0. The molecule has 102 valence electrons. The lowest BCUT2D eigenvalue weighted by molar-refractivity contribution is 0.317. The summed E-state index contributed by atoms with van der Waals surface area (Å²) in [5, 5.41) is 12.5. The molecule has 1 aromatic heterocycles. The van der Waals surface area contributed by atoms with E-state index in [9.17, 15) is 0 Å². The number of hydrogen-bond donors (Lipinski definition) is 1. The van der Waals surface area contributed by atoms with Crippen LogP contribution in [-0.4, -0.2) is 22.4 Å². The van der Waals surface area contributed by atoms with E-state index in [1.165, 1.54) is 5.56 Å². The lowest BCUT2D eigenvalue weighted by Gasteiger charge is -2.30. The van der Waals surface area contributed by atoms with E-state index in [0.717, 1.165) is 42.3 Å². The molecular weight excluding hydrogens is 250 g/mol. The molecule has 0 spiro atoms. The number of fused-ring (bicyclic) bond motifs is 1. The van der Waals surface area contributed by atoms with E-state index in [4.69, 9.17) is 5.21 Å². The Morgan fingerprint density at radius 3 is 2.75 bits per heavy atom. The molecule has 20 heavy (non-hydrogen) atoms. The second-order valence-corrected chi connectivity index (χ2v) is 5.03. The second-order valence-electron chi connectivity index (χ2n) is 5.03. The Balaban J connectivity index is 1.96. The maximum absolute atomic E-state index is 9.12. The van der Waals surface area contributed by atoms with Crippen LogP contribution in [0.5, 0.6) is 0 Å². The first kappa shape index (κ1) is 12.7. The molecule has 0 amide bonds. The van der Waals surface area contributed by atoms with Crippen molar-refractivity contribution in [2.75, 3.05) is 11.4 Å². The van der Waals surface area contributed by atoms with E-state index in [0.29, 0.717) is 0 Å². The second kappa shape index (κ2) is 5.33. The number of aryl methyl sites for hydroxylation is 1. The Hall–Kier alpha value is -2.36. The number of benzene rings is 1. The predicted molar refractivity (Wildman–Crippen MR) is 79.4 cm³/mol. The third-order valence-electron chi connectivity index (χ3n) is 3.58. The molecule has 1 N–H and O–H groups in total. The average Bonchev–Trinajstić information content (AvgIpc) is 2.49. The van der Waals surface area contributed by atoms with Gasteiger partial charge in [0.15, 0.2) is 0 Å². The molecule has 0 bridgehead atoms. The fourth-order valence-corrected chi connectivity index (χ4v) is 2.55. The Labute approximate surface area is 118 Å². The van der Waals surface area contributed by atoms with Gasteiger partial charge in [0, 0.05) is 30.8 Å². The monoisotopic (exact) mass is 267 g/mol. The van der Waals surface area contributed by atoms with E-state index in [-0.39, 0.29) is 0 Å². The van der Waals surface area contributed by atoms with Crippen LogP contribution in [0.25, 0.3) is 0 Å². The van der Waals surface area contributed by atoms with E-state index >= 15 is 0 Å². The van der Waals surface area contributed by atoms with Crippen LogP contribution in [0.3, 0.4) is 0 Å². The van der Waals surface area contributed by atoms with Gasteiger partial charge in [0.1, 0.15) is 5.82 Å². The standard InChI is InChI=1S/C16H17N3O/c1-12-7-8-14-15(18-20)9-10-19(16(14)17-12)11-13-5-3-2-4-6-13/h2-8,20H,9-11H2,1H3/b18-15+. The molecule has 0 atom stereocenters. The van der Waals surface area contributed by atoms with Crippen LogP contribution in [0.4, 0.5) is 5.82 Å². The van der Waals surface area contributed by atoms with Crippen LogP contribution >= 0.6 is 0 Å². The van der Waals surface area contributed by atoms with Crippen LogP contribution < -0.4 is 4.90 Å². The fraction of sp³-hybridized carbons (Fsp3) is 0.250. The Bertz CT molecular complexity index is 637. The van der Waals surface area contributed by atoms with Crippen LogP contribution in [0.2, 0.25) is 0 Å². The normalized spacial score (nSPS) is 16.2. The van der Waals surface area contributed by atoms with Gasteiger partial charge in [-0.05, 0) is 24.6 Å². The molecule has 0 radical (unpaired) electrons. The van der Waals surface area contributed by atoms with Crippen molar-refractivity contribution in [2.45, 2.75) is 19.9 Å². The third kappa shape index (κ3) is 2.37. The van der Waals surface area contributed by atoms with Crippen molar-refractivity contribution in [3.8, 4) is 0 Å². The molecular formula is C16H17N3O. The van der Waals surface area contributed by atoms with E-state index < -0.39 is 0 Å². The van der Waals surface area contributed by atoms with E-state index in [2.05, 4.69) is 27.2 Å². The lowest BCUT2D eigenvalue weighted by atomic mass is 10.0. The van der Waals surface area contributed by atoms with Gasteiger partial charge in [0.05, 0.1) is 5.71 Å². The first-order chi connectivity index (χ1) is 9.78. The molecule has 0 saturated heterocycles. The first-order valence-corrected chi connectivity index (χ1v) is 6.76. The topological polar surface area (TPSA) is 48.7 Å². The molecule has 1 aliphatic rings. The molecule has 3 rings (SSSR count). The quantitative estimate of drug-likeness (QED) is 0.672. The number of hydrogen-bond acceptors (Lipinski definition) is 4. The Kier molecular flexibility index (Phi) is 3.37. The third-order valence-corrected chi connectivity index (χ3v) is 3.58. The zero-order chi connectivity index (χ0) is 13.9. The van der Waals surface area contributed by atoms with Crippen LogP contribution in [0.1, 0.15) is 23.2 Å². The van der Waals surface area contributed by atoms with Crippen molar-refractivity contribution in [1.29, 1.82) is 0 Å². The van der Waals surface area contributed by atoms with Gasteiger partial charge >= 0.3 is 0 Å². The molecule has 4 nitrogen and oxygen atoms in total. The van der Waals surface area contributed by atoms with Crippen LogP contribution in [0, 0.1) is 6.92 Å². The van der Waals surface area contributed by atoms with Crippen LogP contribution in [-0.2, 0) is 6.54 Å². The summed E-state index contributed by atoms with van der Waals surface area (Å²) in [5.41, 5.74) is 3.88. The summed E-state index contributed by atoms with van der Waals surface area (Å²) in [6.07, 6.45) is 0.737. The van der Waals surface area contributed by atoms with Crippen molar-refractivity contribution in [3.63, 3.8) is 0 Å². The Morgan fingerprint density at radius 1 is 1.20 bits per heavy atom. The van der Waals surface area contributed by atoms with Gasteiger partial charge in [0.2, 0.25) is 0 Å². The minimum atomic E-state index is 0.719. The molecule has 2 aromatic rings. The number of nitrogens with zero attached hydrogens (tertiary/aromatic N) is 3.